The minimum Gasteiger partial charge on any atom is -0.459 e. The van der Waals surface area contributed by atoms with Crippen LogP contribution >= 0.6 is 0 Å². The van der Waals surface area contributed by atoms with Crippen LogP contribution in [0.1, 0.15) is 33.6 Å². The van der Waals surface area contributed by atoms with Crippen molar-refractivity contribution in [3.8, 4) is 0 Å². The molecule has 0 saturated heterocycles. The van der Waals surface area contributed by atoms with E-state index in [1.165, 1.54) is 0 Å². The Kier molecular flexibility index (Phi) is 3.17. The Morgan fingerprint density at radius 2 is 2.00 bits per heavy atom. The van der Waals surface area contributed by atoms with Gasteiger partial charge in [-0.25, -0.2) is 0 Å². The van der Waals surface area contributed by atoms with Gasteiger partial charge >= 0.3 is 5.97 Å². The van der Waals surface area contributed by atoms with Crippen molar-refractivity contribution in [1.29, 1.82) is 0 Å². The molecular weight excluding hydrogens is 182 g/mol. The molecule has 3 N–H and O–H groups in total. The number of ether oxygens (including phenoxy) is 1. The van der Waals surface area contributed by atoms with E-state index >= 15 is 0 Å². The van der Waals surface area contributed by atoms with E-state index < -0.39 is 11.6 Å². The molecule has 1 saturated carbocycles. The van der Waals surface area contributed by atoms with Crippen LogP contribution in [0.4, 0.5) is 0 Å². The smallest absolute Gasteiger partial charge is 0.323 e. The van der Waals surface area contributed by atoms with Crippen LogP contribution in [0.5, 0.6) is 0 Å². The van der Waals surface area contributed by atoms with E-state index in [4.69, 9.17) is 15.6 Å². The van der Waals surface area contributed by atoms with E-state index in [2.05, 4.69) is 0 Å². The van der Waals surface area contributed by atoms with Gasteiger partial charge in [-0.1, -0.05) is 0 Å². The van der Waals surface area contributed by atoms with Crippen molar-refractivity contribution < 1.29 is 14.6 Å². The maximum Gasteiger partial charge on any atom is 0.323 e. The summed E-state index contributed by atoms with van der Waals surface area (Å²) in [5.41, 5.74) is 5.22. The maximum absolute atomic E-state index is 11.5. The molecule has 0 aromatic carbocycles. The summed E-state index contributed by atoms with van der Waals surface area (Å²) in [7, 11) is 0. The summed E-state index contributed by atoms with van der Waals surface area (Å²) in [4.78, 5) is 11.5. The number of esters is 1. The number of nitrogens with two attached hydrogens (primary N) is 1. The van der Waals surface area contributed by atoms with Crippen LogP contribution in [0.2, 0.25) is 0 Å². The molecule has 1 unspecified atom stereocenters. The number of carbonyl (C=O) groups excluding carboxylic acids is 1. The minimum absolute atomic E-state index is 0.0832. The predicted octanol–water partition coefficient (Wildman–Crippen LogP) is 0.426. The van der Waals surface area contributed by atoms with Gasteiger partial charge in [-0.3, -0.25) is 4.79 Å². The first-order chi connectivity index (χ1) is 6.29. The van der Waals surface area contributed by atoms with E-state index in [0.717, 1.165) is 0 Å². The molecule has 0 aliphatic heterocycles. The summed E-state index contributed by atoms with van der Waals surface area (Å²) in [6.07, 6.45) is 0.939. The first-order valence-corrected chi connectivity index (χ1v) is 4.96. The van der Waals surface area contributed by atoms with Crippen molar-refractivity contribution in [2.45, 2.75) is 51.4 Å². The van der Waals surface area contributed by atoms with E-state index in [1.807, 2.05) is 20.8 Å². The summed E-state index contributed by atoms with van der Waals surface area (Å²) in [6, 6.07) is -0.586. The standard InChI is InChI=1S/C10H19NO3/c1-10(2,3)14-9(13)8(11)6-4-7(12)5-6/h6-8,12H,4-5,11H2,1-3H3. The largest absolute Gasteiger partial charge is 0.459 e. The van der Waals surface area contributed by atoms with Gasteiger partial charge in [0.05, 0.1) is 6.10 Å². The molecular formula is C10H19NO3. The third-order valence-electron chi connectivity index (χ3n) is 2.34. The van der Waals surface area contributed by atoms with Crippen LogP contribution in [0.3, 0.4) is 0 Å². The fourth-order valence-corrected chi connectivity index (χ4v) is 1.49. The molecule has 0 radical (unpaired) electrons. The Bertz CT molecular complexity index is 216. The highest BCUT2D eigenvalue weighted by molar-refractivity contribution is 5.76. The summed E-state index contributed by atoms with van der Waals surface area (Å²) < 4.78 is 5.15. The second-order valence-corrected chi connectivity index (χ2v) is 4.94. The Labute approximate surface area is 84.4 Å². The number of carbonyl (C=O) groups is 1. The van der Waals surface area contributed by atoms with Gasteiger partial charge in [0.25, 0.3) is 0 Å². The number of rotatable bonds is 2. The zero-order chi connectivity index (χ0) is 10.9. The molecule has 14 heavy (non-hydrogen) atoms. The van der Waals surface area contributed by atoms with Crippen molar-refractivity contribution >= 4 is 5.97 Å². The lowest BCUT2D eigenvalue weighted by Gasteiger charge is -2.35. The quantitative estimate of drug-likeness (QED) is 0.635. The molecule has 1 aliphatic rings. The van der Waals surface area contributed by atoms with Gasteiger partial charge < -0.3 is 15.6 Å². The van der Waals surface area contributed by atoms with Crippen molar-refractivity contribution in [1.82, 2.24) is 0 Å². The lowest BCUT2D eigenvalue weighted by atomic mass is 9.77. The highest BCUT2D eigenvalue weighted by Crippen LogP contribution is 2.30. The molecule has 1 fully saturated rings. The SMILES string of the molecule is CC(C)(C)OC(=O)C(N)C1CC(O)C1. The molecule has 1 atom stereocenters. The van der Waals surface area contributed by atoms with Crippen LogP contribution in [0.25, 0.3) is 0 Å². The first kappa shape index (κ1) is 11.5. The molecule has 0 heterocycles. The summed E-state index contributed by atoms with van der Waals surface area (Å²) >= 11 is 0. The average molecular weight is 201 g/mol. The van der Waals surface area contributed by atoms with Crippen LogP contribution in [0, 0.1) is 5.92 Å². The van der Waals surface area contributed by atoms with Crippen molar-refractivity contribution in [2.24, 2.45) is 11.7 Å². The van der Waals surface area contributed by atoms with Crippen LogP contribution in [0.15, 0.2) is 0 Å². The van der Waals surface area contributed by atoms with Crippen molar-refractivity contribution in [3.63, 3.8) is 0 Å². The van der Waals surface area contributed by atoms with Gasteiger partial charge in [-0.05, 0) is 39.5 Å². The lowest BCUT2D eigenvalue weighted by molar-refractivity contribution is -0.159. The predicted molar refractivity (Wildman–Crippen MR) is 52.6 cm³/mol. The topological polar surface area (TPSA) is 72.5 Å². The second-order valence-electron chi connectivity index (χ2n) is 4.94. The summed E-state index contributed by atoms with van der Waals surface area (Å²) in [5.74, 6) is -0.283. The highest BCUT2D eigenvalue weighted by atomic mass is 16.6. The lowest BCUT2D eigenvalue weighted by Crippen LogP contribution is -2.48. The third-order valence-corrected chi connectivity index (χ3v) is 2.34. The van der Waals surface area contributed by atoms with Gasteiger partial charge in [-0.15, -0.1) is 0 Å². The zero-order valence-corrected chi connectivity index (χ0v) is 8.99. The molecule has 0 amide bonds. The third kappa shape index (κ3) is 2.96. The molecule has 4 nitrogen and oxygen atoms in total. The number of hydrogen-bond donors (Lipinski definition) is 2. The Balaban J connectivity index is 2.38. The second kappa shape index (κ2) is 3.87. The Hall–Kier alpha value is -0.610. The maximum atomic E-state index is 11.5. The van der Waals surface area contributed by atoms with Gasteiger partial charge in [0, 0.05) is 0 Å². The normalized spacial score (nSPS) is 29.2. The van der Waals surface area contributed by atoms with Crippen LogP contribution in [-0.2, 0) is 9.53 Å². The van der Waals surface area contributed by atoms with Crippen molar-refractivity contribution in [3.05, 3.63) is 0 Å². The Morgan fingerprint density at radius 1 is 1.50 bits per heavy atom. The van der Waals surface area contributed by atoms with Crippen LogP contribution < -0.4 is 5.73 Å². The fourth-order valence-electron chi connectivity index (χ4n) is 1.49. The van der Waals surface area contributed by atoms with E-state index in [-0.39, 0.29) is 18.0 Å². The summed E-state index contributed by atoms with van der Waals surface area (Å²) in [5, 5.41) is 9.07. The number of aliphatic hydroxyl groups is 1. The minimum atomic E-state index is -0.586. The van der Waals surface area contributed by atoms with Gasteiger partial charge in [0.1, 0.15) is 11.6 Å². The van der Waals surface area contributed by atoms with Gasteiger partial charge in [0.15, 0.2) is 0 Å². The van der Waals surface area contributed by atoms with Gasteiger partial charge in [0.2, 0.25) is 0 Å². The number of aliphatic hydroxyl groups excluding tert-OH is 1. The van der Waals surface area contributed by atoms with E-state index in [1.54, 1.807) is 0 Å². The molecule has 0 bridgehead atoms. The molecule has 4 heteroatoms. The molecule has 0 aromatic rings. The zero-order valence-electron chi connectivity index (χ0n) is 8.99. The van der Waals surface area contributed by atoms with E-state index in [0.29, 0.717) is 12.8 Å². The molecule has 1 aliphatic carbocycles. The average Bonchev–Trinajstić information content (AvgIpc) is 1.94. The summed E-state index contributed by atoms with van der Waals surface area (Å²) in [6.45, 7) is 5.44. The molecule has 82 valence electrons. The van der Waals surface area contributed by atoms with Crippen LogP contribution in [-0.4, -0.2) is 28.8 Å². The Morgan fingerprint density at radius 3 is 2.36 bits per heavy atom. The number of hydrogen-bond acceptors (Lipinski definition) is 4. The fraction of sp³-hybridized carbons (Fsp3) is 0.900. The van der Waals surface area contributed by atoms with Crippen molar-refractivity contribution in [2.75, 3.05) is 0 Å². The molecule has 1 rings (SSSR count). The molecule has 0 aromatic heterocycles. The molecule has 0 spiro atoms. The van der Waals surface area contributed by atoms with Gasteiger partial charge in [-0.2, -0.15) is 0 Å². The highest BCUT2D eigenvalue weighted by Gasteiger charge is 2.37. The van der Waals surface area contributed by atoms with E-state index in [9.17, 15) is 4.79 Å². The monoisotopic (exact) mass is 201 g/mol. The first-order valence-electron chi connectivity index (χ1n) is 4.96.